The first-order chi connectivity index (χ1) is 18.8. The van der Waals surface area contributed by atoms with E-state index in [9.17, 15) is 9.59 Å². The van der Waals surface area contributed by atoms with Gasteiger partial charge in [0, 0.05) is 18.8 Å². The van der Waals surface area contributed by atoms with Crippen LogP contribution in [0.5, 0.6) is 0 Å². The number of hydrogen-bond acceptors (Lipinski definition) is 4. The van der Waals surface area contributed by atoms with Crippen molar-refractivity contribution in [3.63, 3.8) is 0 Å². The molecule has 1 aliphatic rings. The maximum Gasteiger partial charge on any atom is 0.338 e. The second kappa shape index (κ2) is 11.2. The third-order valence-corrected chi connectivity index (χ3v) is 6.79. The average Bonchev–Trinajstić information content (AvgIpc) is 3.03. The smallest absolute Gasteiger partial charge is 0.338 e. The van der Waals surface area contributed by atoms with Crippen LogP contribution in [-0.2, 0) is 17.7 Å². The van der Waals surface area contributed by atoms with Gasteiger partial charge in [0.05, 0.1) is 22.9 Å². The molecule has 1 unspecified atom stereocenters. The van der Waals surface area contributed by atoms with E-state index < -0.39 is 5.60 Å². The zero-order valence-electron chi connectivity index (χ0n) is 22.7. The first-order valence-electron chi connectivity index (χ1n) is 13.4. The molecular weight excluding hydrogens is 484 g/mol. The van der Waals surface area contributed by atoms with E-state index in [-0.39, 0.29) is 17.9 Å². The predicted octanol–water partition coefficient (Wildman–Crippen LogP) is 7.05. The molecule has 0 radical (unpaired) electrons. The Morgan fingerprint density at radius 2 is 1.41 bits per heavy atom. The van der Waals surface area contributed by atoms with Crippen molar-refractivity contribution in [1.29, 1.82) is 0 Å². The molecule has 5 heteroatoms. The van der Waals surface area contributed by atoms with Gasteiger partial charge in [-0.2, -0.15) is 0 Å². The lowest BCUT2D eigenvalue weighted by Gasteiger charge is -2.34. The molecule has 0 bridgehead atoms. The maximum atomic E-state index is 13.9. The monoisotopic (exact) mass is 518 g/mol. The van der Waals surface area contributed by atoms with Gasteiger partial charge in [0.1, 0.15) is 5.60 Å². The molecule has 5 nitrogen and oxygen atoms in total. The second-order valence-corrected chi connectivity index (χ2v) is 11.0. The summed E-state index contributed by atoms with van der Waals surface area (Å²) in [5, 5.41) is 0. The van der Waals surface area contributed by atoms with Crippen molar-refractivity contribution >= 4 is 23.3 Å². The number of fused-ring (bicyclic) bond motifs is 1. The number of ether oxygens (including phenoxy) is 1. The van der Waals surface area contributed by atoms with Gasteiger partial charge in [-0.25, -0.2) is 4.79 Å². The summed E-state index contributed by atoms with van der Waals surface area (Å²) in [5.74, 6) is -0.304. The zero-order valence-corrected chi connectivity index (χ0v) is 22.7. The number of carbonyl (C=O) groups excluding carboxylic acids is 2. The molecule has 4 aromatic rings. The number of anilines is 2. The van der Waals surface area contributed by atoms with Crippen LogP contribution in [0.25, 0.3) is 0 Å². The number of amides is 1. The number of nitrogens with zero attached hydrogens (tertiary/aromatic N) is 2. The van der Waals surface area contributed by atoms with Crippen LogP contribution in [0.15, 0.2) is 109 Å². The molecule has 0 spiro atoms. The molecule has 4 aromatic carbocycles. The van der Waals surface area contributed by atoms with Crippen LogP contribution in [-0.4, -0.2) is 35.0 Å². The lowest BCUT2D eigenvalue weighted by Crippen LogP contribution is -2.42. The van der Waals surface area contributed by atoms with Gasteiger partial charge < -0.3 is 14.5 Å². The van der Waals surface area contributed by atoms with Crippen molar-refractivity contribution in [1.82, 2.24) is 4.90 Å². The van der Waals surface area contributed by atoms with Crippen LogP contribution < -0.4 is 4.90 Å². The van der Waals surface area contributed by atoms with Crippen LogP contribution in [0.4, 0.5) is 11.4 Å². The Balaban J connectivity index is 1.51. The van der Waals surface area contributed by atoms with Gasteiger partial charge in [0.2, 0.25) is 0 Å². The Bertz CT molecular complexity index is 1430. The molecule has 39 heavy (non-hydrogen) atoms. The lowest BCUT2D eigenvalue weighted by molar-refractivity contribution is 0.00693. The van der Waals surface area contributed by atoms with E-state index in [0.717, 1.165) is 22.5 Å². The standard InChI is InChI=1S/C34H34N2O3/c1-34(2,3)39-33(38)27-20-18-25(19-21-27)22-29-24-35(23-26-12-6-4-7-13-26)32(37)30-16-10-11-17-31(30)36(29)28-14-8-5-9-15-28/h4-21,29H,22-24H2,1-3H3. The summed E-state index contributed by atoms with van der Waals surface area (Å²) in [6.45, 7) is 6.67. The van der Waals surface area contributed by atoms with E-state index in [1.54, 1.807) is 0 Å². The summed E-state index contributed by atoms with van der Waals surface area (Å²) in [6.07, 6.45) is 0.691. The Labute approximate surface area is 230 Å². The molecule has 5 rings (SSSR count). The minimum atomic E-state index is -0.547. The Morgan fingerprint density at radius 1 is 0.795 bits per heavy atom. The third-order valence-electron chi connectivity index (χ3n) is 6.79. The molecule has 0 fully saturated rings. The third kappa shape index (κ3) is 6.20. The summed E-state index contributed by atoms with van der Waals surface area (Å²) in [7, 11) is 0. The molecule has 1 amide bonds. The molecule has 1 heterocycles. The van der Waals surface area contributed by atoms with Gasteiger partial charge in [-0.15, -0.1) is 0 Å². The summed E-state index contributed by atoms with van der Waals surface area (Å²) in [5.41, 5.74) is 4.79. The van der Waals surface area contributed by atoms with Crippen LogP contribution in [0.3, 0.4) is 0 Å². The van der Waals surface area contributed by atoms with E-state index in [1.165, 1.54) is 0 Å². The molecule has 1 atom stereocenters. The van der Waals surface area contributed by atoms with Gasteiger partial charge in [0.25, 0.3) is 5.91 Å². The van der Waals surface area contributed by atoms with E-state index in [0.29, 0.717) is 30.6 Å². The Kier molecular flexibility index (Phi) is 7.51. The van der Waals surface area contributed by atoms with Crippen LogP contribution in [0.2, 0.25) is 0 Å². The fourth-order valence-corrected chi connectivity index (χ4v) is 5.07. The van der Waals surface area contributed by atoms with Gasteiger partial charge >= 0.3 is 5.97 Å². The van der Waals surface area contributed by atoms with Gasteiger partial charge in [-0.3, -0.25) is 4.79 Å². The molecule has 0 N–H and O–H groups in total. The van der Waals surface area contributed by atoms with Crippen molar-refractivity contribution in [2.45, 2.75) is 45.4 Å². The molecule has 0 saturated carbocycles. The van der Waals surface area contributed by atoms with Gasteiger partial charge in [-0.1, -0.05) is 72.8 Å². The number of rotatable bonds is 6. The maximum absolute atomic E-state index is 13.9. The molecule has 1 aliphatic heterocycles. The van der Waals surface area contributed by atoms with Crippen LogP contribution in [0, 0.1) is 0 Å². The molecule has 0 saturated heterocycles. The number of esters is 1. The highest BCUT2D eigenvalue weighted by molar-refractivity contribution is 6.01. The summed E-state index contributed by atoms with van der Waals surface area (Å²) in [6, 6.07) is 35.8. The Morgan fingerprint density at radius 3 is 2.08 bits per heavy atom. The first kappa shape index (κ1) is 26.2. The highest BCUT2D eigenvalue weighted by Crippen LogP contribution is 2.36. The minimum Gasteiger partial charge on any atom is -0.456 e. The topological polar surface area (TPSA) is 49.9 Å². The fourth-order valence-electron chi connectivity index (χ4n) is 5.07. The summed E-state index contributed by atoms with van der Waals surface area (Å²) >= 11 is 0. The number of carbonyl (C=O) groups is 2. The fraction of sp³-hybridized carbons (Fsp3) is 0.235. The van der Waals surface area contributed by atoms with E-state index >= 15 is 0 Å². The van der Waals surface area contributed by atoms with Crippen molar-refractivity contribution in [2.75, 3.05) is 11.4 Å². The minimum absolute atomic E-state index is 0.0261. The number of para-hydroxylation sites is 2. The first-order valence-corrected chi connectivity index (χ1v) is 13.4. The quantitative estimate of drug-likeness (QED) is 0.257. The Hall–Kier alpha value is -4.38. The lowest BCUT2D eigenvalue weighted by atomic mass is 10.0. The van der Waals surface area contributed by atoms with Crippen LogP contribution >= 0.6 is 0 Å². The number of hydrogen-bond donors (Lipinski definition) is 0. The molecular formula is C34H34N2O3. The van der Waals surface area contributed by atoms with Crippen molar-refractivity contribution in [3.05, 3.63) is 131 Å². The molecule has 198 valence electrons. The van der Waals surface area contributed by atoms with E-state index in [1.807, 2.05) is 111 Å². The van der Waals surface area contributed by atoms with E-state index in [2.05, 4.69) is 29.2 Å². The summed E-state index contributed by atoms with van der Waals surface area (Å²) < 4.78 is 5.54. The normalized spacial score (nSPS) is 15.5. The van der Waals surface area contributed by atoms with E-state index in [4.69, 9.17) is 4.74 Å². The molecule has 0 aromatic heterocycles. The summed E-state index contributed by atoms with van der Waals surface area (Å²) in [4.78, 5) is 30.7. The van der Waals surface area contributed by atoms with Gasteiger partial charge in [0.15, 0.2) is 0 Å². The van der Waals surface area contributed by atoms with Crippen molar-refractivity contribution in [2.24, 2.45) is 0 Å². The highest BCUT2D eigenvalue weighted by atomic mass is 16.6. The predicted molar refractivity (Wildman–Crippen MR) is 155 cm³/mol. The average molecular weight is 519 g/mol. The number of benzene rings is 4. The highest BCUT2D eigenvalue weighted by Gasteiger charge is 2.33. The van der Waals surface area contributed by atoms with Crippen molar-refractivity contribution < 1.29 is 14.3 Å². The SMILES string of the molecule is CC(C)(C)OC(=O)c1ccc(CC2CN(Cc3ccccc3)C(=O)c3ccccc3N2c2ccccc2)cc1. The zero-order chi connectivity index (χ0) is 27.4. The van der Waals surface area contributed by atoms with Crippen LogP contribution in [0.1, 0.15) is 52.6 Å². The molecule has 0 aliphatic carbocycles. The van der Waals surface area contributed by atoms with Crippen molar-refractivity contribution in [3.8, 4) is 0 Å². The van der Waals surface area contributed by atoms with Gasteiger partial charge in [-0.05, 0) is 74.7 Å². The second-order valence-electron chi connectivity index (χ2n) is 11.0. The largest absolute Gasteiger partial charge is 0.456 e.